The Labute approximate surface area is 117 Å². The first kappa shape index (κ1) is 14.5. The summed E-state index contributed by atoms with van der Waals surface area (Å²) in [4.78, 5) is 25.0. The third kappa shape index (κ3) is 3.15. The zero-order chi connectivity index (χ0) is 14.7. The molecule has 0 saturated carbocycles. The molecule has 0 aliphatic carbocycles. The van der Waals surface area contributed by atoms with Crippen molar-refractivity contribution in [2.24, 2.45) is 0 Å². The molecule has 1 aromatic carbocycles. The normalized spacial score (nSPS) is 14.7. The second kappa shape index (κ2) is 6.02. The van der Waals surface area contributed by atoms with Crippen LogP contribution in [0.1, 0.15) is 15.9 Å². The maximum absolute atomic E-state index is 12.2. The van der Waals surface area contributed by atoms with Crippen LogP contribution in [0.25, 0.3) is 0 Å². The van der Waals surface area contributed by atoms with Crippen molar-refractivity contribution in [2.45, 2.75) is 12.5 Å². The van der Waals surface area contributed by atoms with E-state index < -0.39 is 6.10 Å². The molecule has 1 aliphatic heterocycles. The Morgan fingerprint density at radius 3 is 3.00 bits per heavy atom. The quantitative estimate of drug-likeness (QED) is 0.810. The smallest absolute Gasteiger partial charge is 0.253 e. The van der Waals surface area contributed by atoms with Gasteiger partial charge < -0.3 is 20.1 Å². The van der Waals surface area contributed by atoms with E-state index in [-0.39, 0.29) is 25.0 Å². The number of aliphatic hydroxyl groups is 1. The number of amides is 2. The average Bonchev–Trinajstić information content (AvgIpc) is 2.76. The van der Waals surface area contributed by atoms with E-state index in [1.54, 1.807) is 25.2 Å². The fourth-order valence-corrected chi connectivity index (χ4v) is 2.23. The van der Waals surface area contributed by atoms with Gasteiger partial charge in [-0.2, -0.15) is 0 Å². The van der Waals surface area contributed by atoms with Crippen LogP contribution in [0.5, 0.6) is 0 Å². The van der Waals surface area contributed by atoms with Crippen LogP contribution in [0.4, 0.5) is 5.69 Å². The second-order valence-electron chi connectivity index (χ2n) is 4.89. The number of nitrogens with zero attached hydrogens (tertiary/aromatic N) is 1. The van der Waals surface area contributed by atoms with E-state index in [2.05, 4.69) is 5.32 Å². The molecule has 108 valence electrons. The lowest BCUT2D eigenvalue weighted by atomic mass is 10.1. The Balaban J connectivity index is 2.06. The molecule has 0 spiro atoms. The summed E-state index contributed by atoms with van der Waals surface area (Å²) < 4.78 is 4.83. The summed E-state index contributed by atoms with van der Waals surface area (Å²) in [5.41, 5.74) is 2.09. The summed E-state index contributed by atoms with van der Waals surface area (Å²) in [5, 5.41) is 12.4. The van der Waals surface area contributed by atoms with E-state index in [0.717, 1.165) is 11.3 Å². The number of aliphatic hydroxyl groups excluding tert-OH is 1. The number of ether oxygens (including phenoxy) is 1. The Morgan fingerprint density at radius 1 is 1.55 bits per heavy atom. The first-order chi connectivity index (χ1) is 9.51. The van der Waals surface area contributed by atoms with Gasteiger partial charge in [-0.05, 0) is 23.8 Å². The van der Waals surface area contributed by atoms with Gasteiger partial charge in [0.1, 0.15) is 0 Å². The number of anilines is 1. The molecule has 2 N–H and O–H groups in total. The molecule has 6 heteroatoms. The summed E-state index contributed by atoms with van der Waals surface area (Å²) in [6.45, 7) is 0.376. The van der Waals surface area contributed by atoms with Gasteiger partial charge in [0, 0.05) is 32.0 Å². The summed E-state index contributed by atoms with van der Waals surface area (Å²) in [7, 11) is 3.12. The molecule has 0 aromatic heterocycles. The van der Waals surface area contributed by atoms with Gasteiger partial charge in [0.2, 0.25) is 5.91 Å². The topological polar surface area (TPSA) is 78.9 Å². The molecule has 1 atom stereocenters. The number of likely N-dealkylation sites (N-methyl/N-ethyl adjacent to an activating group) is 1. The first-order valence-electron chi connectivity index (χ1n) is 6.36. The first-order valence-corrected chi connectivity index (χ1v) is 6.36. The summed E-state index contributed by atoms with van der Waals surface area (Å²) in [5.74, 6) is -0.254. The van der Waals surface area contributed by atoms with E-state index >= 15 is 0 Å². The van der Waals surface area contributed by atoms with Crippen LogP contribution >= 0.6 is 0 Å². The van der Waals surface area contributed by atoms with E-state index in [1.165, 1.54) is 12.0 Å². The minimum atomic E-state index is -0.716. The molecule has 0 bridgehead atoms. The third-order valence-corrected chi connectivity index (χ3v) is 3.17. The number of nitrogens with one attached hydrogen (secondary N) is 1. The van der Waals surface area contributed by atoms with E-state index in [0.29, 0.717) is 12.0 Å². The van der Waals surface area contributed by atoms with E-state index in [4.69, 9.17) is 4.74 Å². The summed E-state index contributed by atoms with van der Waals surface area (Å²) >= 11 is 0. The molecule has 0 radical (unpaired) electrons. The summed E-state index contributed by atoms with van der Waals surface area (Å²) in [6.07, 6.45) is -0.418. The van der Waals surface area contributed by atoms with Gasteiger partial charge in [0.25, 0.3) is 5.91 Å². The van der Waals surface area contributed by atoms with Gasteiger partial charge in [-0.3, -0.25) is 9.59 Å². The molecule has 0 saturated heterocycles. The molecule has 1 heterocycles. The fraction of sp³-hybridized carbons (Fsp3) is 0.429. The number of rotatable bonds is 5. The fourth-order valence-electron chi connectivity index (χ4n) is 2.23. The van der Waals surface area contributed by atoms with Crippen molar-refractivity contribution in [1.29, 1.82) is 0 Å². The van der Waals surface area contributed by atoms with Gasteiger partial charge >= 0.3 is 0 Å². The van der Waals surface area contributed by atoms with Gasteiger partial charge in [0.15, 0.2) is 0 Å². The van der Waals surface area contributed by atoms with Gasteiger partial charge in [-0.25, -0.2) is 0 Å². The van der Waals surface area contributed by atoms with Crippen LogP contribution in [-0.4, -0.2) is 55.2 Å². The molecule has 2 amide bonds. The number of methoxy groups -OCH3 is 1. The van der Waals surface area contributed by atoms with E-state index in [9.17, 15) is 14.7 Å². The highest BCUT2D eigenvalue weighted by Crippen LogP contribution is 2.24. The van der Waals surface area contributed by atoms with E-state index in [1.807, 2.05) is 0 Å². The van der Waals surface area contributed by atoms with Crippen molar-refractivity contribution >= 4 is 17.5 Å². The minimum Gasteiger partial charge on any atom is -0.389 e. The molecule has 1 aromatic rings. The van der Waals surface area contributed by atoms with Crippen molar-refractivity contribution < 1.29 is 19.4 Å². The van der Waals surface area contributed by atoms with Crippen LogP contribution in [0, 0.1) is 0 Å². The molecule has 1 unspecified atom stereocenters. The Hall–Kier alpha value is -1.92. The van der Waals surface area contributed by atoms with Crippen molar-refractivity contribution in [3.8, 4) is 0 Å². The van der Waals surface area contributed by atoms with Gasteiger partial charge in [-0.1, -0.05) is 0 Å². The van der Waals surface area contributed by atoms with Crippen molar-refractivity contribution in [3.05, 3.63) is 29.3 Å². The Kier molecular flexibility index (Phi) is 4.36. The zero-order valence-corrected chi connectivity index (χ0v) is 11.5. The van der Waals surface area contributed by atoms with Crippen LogP contribution in [0.2, 0.25) is 0 Å². The summed E-state index contributed by atoms with van der Waals surface area (Å²) in [6, 6.07) is 5.12. The molecule has 20 heavy (non-hydrogen) atoms. The molecule has 2 rings (SSSR count). The van der Waals surface area contributed by atoms with Gasteiger partial charge in [-0.15, -0.1) is 0 Å². The Morgan fingerprint density at radius 2 is 2.30 bits per heavy atom. The van der Waals surface area contributed by atoms with Crippen LogP contribution in [-0.2, 0) is 16.0 Å². The molecular formula is C14H18N2O4. The number of hydrogen-bond donors (Lipinski definition) is 2. The highest BCUT2D eigenvalue weighted by Gasteiger charge is 2.21. The number of fused-ring (bicyclic) bond motifs is 1. The molecule has 0 fully saturated rings. The van der Waals surface area contributed by atoms with Crippen LogP contribution in [0.15, 0.2) is 18.2 Å². The average molecular weight is 278 g/mol. The Bertz CT molecular complexity index is 530. The third-order valence-electron chi connectivity index (χ3n) is 3.17. The predicted molar refractivity (Wildman–Crippen MR) is 73.6 cm³/mol. The monoisotopic (exact) mass is 278 g/mol. The lowest BCUT2D eigenvalue weighted by Gasteiger charge is -2.20. The highest BCUT2D eigenvalue weighted by atomic mass is 16.5. The van der Waals surface area contributed by atoms with Crippen LogP contribution in [0.3, 0.4) is 0 Å². The number of carbonyl (C=O) groups is 2. The molecular weight excluding hydrogens is 260 g/mol. The van der Waals surface area contributed by atoms with Crippen molar-refractivity contribution in [1.82, 2.24) is 4.90 Å². The van der Waals surface area contributed by atoms with Gasteiger partial charge in [0.05, 0.1) is 19.1 Å². The standard InChI is InChI=1S/C14H18N2O4/c1-16(7-11(17)8-20-2)14(19)9-3-4-12-10(5-9)6-13(18)15-12/h3-5,11,17H,6-8H2,1-2H3,(H,15,18). The second-order valence-corrected chi connectivity index (χ2v) is 4.89. The van der Waals surface area contributed by atoms with Crippen molar-refractivity contribution in [2.75, 3.05) is 32.6 Å². The SMILES string of the molecule is COCC(O)CN(C)C(=O)c1ccc2c(c1)CC(=O)N2. The highest BCUT2D eigenvalue weighted by molar-refractivity contribution is 6.01. The lowest BCUT2D eigenvalue weighted by Crippen LogP contribution is -2.36. The molecule has 6 nitrogen and oxygen atoms in total. The minimum absolute atomic E-state index is 0.0616. The number of carbonyl (C=O) groups excluding carboxylic acids is 2. The van der Waals surface area contributed by atoms with Crippen LogP contribution < -0.4 is 5.32 Å². The predicted octanol–water partition coefficient (Wildman–Crippen LogP) is 0.261. The zero-order valence-electron chi connectivity index (χ0n) is 11.5. The maximum atomic E-state index is 12.2. The number of hydrogen-bond acceptors (Lipinski definition) is 4. The molecule has 1 aliphatic rings. The van der Waals surface area contributed by atoms with Crippen molar-refractivity contribution in [3.63, 3.8) is 0 Å². The number of benzene rings is 1. The largest absolute Gasteiger partial charge is 0.389 e. The lowest BCUT2D eigenvalue weighted by molar-refractivity contribution is -0.115. The maximum Gasteiger partial charge on any atom is 0.253 e.